The van der Waals surface area contributed by atoms with E-state index in [1.165, 1.54) is 10.5 Å². The summed E-state index contributed by atoms with van der Waals surface area (Å²) in [4.78, 5) is 1.33. The van der Waals surface area contributed by atoms with E-state index in [0.717, 1.165) is 27.8 Å². The summed E-state index contributed by atoms with van der Waals surface area (Å²) in [6, 6.07) is 14.7. The van der Waals surface area contributed by atoms with Crippen LogP contribution >= 0.6 is 35.0 Å². The first-order chi connectivity index (χ1) is 10.1. The third-order valence-electron chi connectivity index (χ3n) is 3.83. The van der Waals surface area contributed by atoms with Gasteiger partial charge in [0.25, 0.3) is 0 Å². The number of rotatable bonds is 3. The summed E-state index contributed by atoms with van der Waals surface area (Å²) in [5, 5.41) is 5.32. The van der Waals surface area contributed by atoms with Crippen molar-refractivity contribution in [1.29, 1.82) is 0 Å². The van der Waals surface area contributed by atoms with E-state index >= 15 is 0 Å². The van der Waals surface area contributed by atoms with Crippen molar-refractivity contribution >= 4 is 35.0 Å². The highest BCUT2D eigenvalue weighted by Gasteiger charge is 2.23. The lowest BCUT2D eigenvalue weighted by atomic mass is 10.0. The molecule has 0 aromatic heterocycles. The number of nitrogens with one attached hydrogen (secondary N) is 1. The van der Waals surface area contributed by atoms with Crippen LogP contribution < -0.4 is 5.32 Å². The average molecular weight is 338 g/mol. The smallest absolute Gasteiger partial charge is 0.0453 e. The molecule has 0 bridgehead atoms. The number of fused-ring (bicyclic) bond motifs is 1. The fourth-order valence-electron chi connectivity index (χ4n) is 2.76. The summed E-state index contributed by atoms with van der Waals surface area (Å²) in [5.74, 6) is 1.13. The molecule has 3 rings (SSSR count). The molecule has 2 atom stereocenters. The third-order valence-corrected chi connectivity index (χ3v) is 5.54. The largest absolute Gasteiger partial charge is 0.303 e. The van der Waals surface area contributed by atoms with E-state index in [0.29, 0.717) is 6.04 Å². The molecule has 21 heavy (non-hydrogen) atoms. The molecule has 4 heteroatoms. The van der Waals surface area contributed by atoms with Crippen LogP contribution in [0.4, 0.5) is 0 Å². The molecule has 0 radical (unpaired) electrons. The molecule has 1 aliphatic rings. The van der Waals surface area contributed by atoms with Crippen LogP contribution in [-0.2, 0) is 0 Å². The van der Waals surface area contributed by atoms with Gasteiger partial charge in [0.15, 0.2) is 0 Å². The standard InChI is InChI=1S/C17H17Cl2NS/c1-11(13-4-2-3-5-15(13)19)20-16-8-9-21-17-7-6-12(18)10-14(16)17/h2-7,10-11,16,20H,8-9H2,1H3/t11-,16?/m1/s1. The van der Waals surface area contributed by atoms with Crippen LogP contribution in [0.25, 0.3) is 0 Å². The Balaban J connectivity index is 1.83. The summed E-state index contributed by atoms with van der Waals surface area (Å²) in [6.45, 7) is 2.16. The van der Waals surface area contributed by atoms with Gasteiger partial charge in [0.1, 0.15) is 0 Å². The SMILES string of the molecule is C[C@@H](NC1CCSc2ccc(Cl)cc21)c1ccccc1Cl. The normalized spacial score (nSPS) is 19.1. The minimum absolute atomic E-state index is 0.207. The summed E-state index contributed by atoms with van der Waals surface area (Å²) >= 11 is 14.4. The molecule has 1 unspecified atom stereocenters. The number of thioether (sulfide) groups is 1. The van der Waals surface area contributed by atoms with Crippen LogP contribution in [-0.4, -0.2) is 5.75 Å². The fourth-order valence-corrected chi connectivity index (χ4v) is 4.34. The summed E-state index contributed by atoms with van der Waals surface area (Å²) in [6.07, 6.45) is 1.10. The zero-order valence-corrected chi connectivity index (χ0v) is 14.1. The van der Waals surface area contributed by atoms with Gasteiger partial charge in [-0.2, -0.15) is 0 Å². The molecule has 110 valence electrons. The van der Waals surface area contributed by atoms with Gasteiger partial charge >= 0.3 is 0 Å². The molecule has 1 nitrogen and oxygen atoms in total. The highest BCUT2D eigenvalue weighted by molar-refractivity contribution is 7.99. The minimum Gasteiger partial charge on any atom is -0.303 e. The first-order valence-corrected chi connectivity index (χ1v) is 8.82. The van der Waals surface area contributed by atoms with E-state index in [1.807, 2.05) is 36.0 Å². The molecule has 0 amide bonds. The molecular weight excluding hydrogens is 321 g/mol. The van der Waals surface area contributed by atoms with Crippen molar-refractivity contribution < 1.29 is 0 Å². The van der Waals surface area contributed by atoms with Gasteiger partial charge < -0.3 is 5.32 Å². The van der Waals surface area contributed by atoms with Gasteiger partial charge in [0.2, 0.25) is 0 Å². The Morgan fingerprint density at radius 3 is 2.81 bits per heavy atom. The number of hydrogen-bond donors (Lipinski definition) is 1. The van der Waals surface area contributed by atoms with Gasteiger partial charge in [-0.05, 0) is 54.5 Å². The first-order valence-electron chi connectivity index (χ1n) is 7.08. The van der Waals surface area contributed by atoms with Gasteiger partial charge in [0, 0.05) is 27.0 Å². The minimum atomic E-state index is 0.207. The molecule has 0 aliphatic carbocycles. The van der Waals surface area contributed by atoms with Gasteiger partial charge in [-0.3, -0.25) is 0 Å². The van der Waals surface area contributed by atoms with Crippen LogP contribution in [0.1, 0.15) is 36.6 Å². The topological polar surface area (TPSA) is 12.0 Å². The second kappa shape index (κ2) is 6.62. The quantitative estimate of drug-likeness (QED) is 0.750. The van der Waals surface area contributed by atoms with Crippen LogP contribution in [0, 0.1) is 0 Å². The molecule has 1 aliphatic heterocycles. The summed E-state index contributed by atoms with van der Waals surface area (Å²) in [5.41, 5.74) is 2.44. The van der Waals surface area contributed by atoms with Crippen molar-refractivity contribution in [3.63, 3.8) is 0 Å². The summed E-state index contributed by atoms with van der Waals surface area (Å²) < 4.78 is 0. The van der Waals surface area contributed by atoms with Crippen molar-refractivity contribution in [2.45, 2.75) is 30.3 Å². The maximum Gasteiger partial charge on any atom is 0.0453 e. The van der Waals surface area contributed by atoms with Crippen LogP contribution in [0.3, 0.4) is 0 Å². The Morgan fingerprint density at radius 2 is 2.00 bits per heavy atom. The fraction of sp³-hybridized carbons (Fsp3) is 0.294. The molecular formula is C17H17Cl2NS. The number of hydrogen-bond acceptors (Lipinski definition) is 2. The zero-order valence-electron chi connectivity index (χ0n) is 11.8. The highest BCUT2D eigenvalue weighted by atomic mass is 35.5. The van der Waals surface area contributed by atoms with Crippen molar-refractivity contribution in [2.24, 2.45) is 0 Å². The van der Waals surface area contributed by atoms with Gasteiger partial charge in [-0.15, -0.1) is 11.8 Å². The van der Waals surface area contributed by atoms with E-state index in [9.17, 15) is 0 Å². The first kappa shape index (κ1) is 15.2. The van der Waals surface area contributed by atoms with Crippen molar-refractivity contribution in [2.75, 3.05) is 5.75 Å². The van der Waals surface area contributed by atoms with Gasteiger partial charge in [0.05, 0.1) is 0 Å². The Bertz CT molecular complexity index is 644. The molecule has 0 spiro atoms. The van der Waals surface area contributed by atoms with E-state index < -0.39 is 0 Å². The molecule has 2 aromatic carbocycles. The van der Waals surface area contributed by atoms with Crippen molar-refractivity contribution in [1.82, 2.24) is 5.32 Å². The predicted molar refractivity (Wildman–Crippen MR) is 92.5 cm³/mol. The number of halogens is 2. The van der Waals surface area contributed by atoms with E-state index in [2.05, 4.69) is 30.4 Å². The Morgan fingerprint density at radius 1 is 1.19 bits per heavy atom. The molecule has 2 aromatic rings. The van der Waals surface area contributed by atoms with Gasteiger partial charge in [-0.1, -0.05) is 41.4 Å². The predicted octanol–water partition coefficient (Wildman–Crippen LogP) is 5.88. The molecule has 1 N–H and O–H groups in total. The van der Waals surface area contributed by atoms with Crippen LogP contribution in [0.5, 0.6) is 0 Å². The lowest BCUT2D eigenvalue weighted by molar-refractivity contribution is 0.450. The van der Waals surface area contributed by atoms with E-state index in [4.69, 9.17) is 23.2 Å². The zero-order chi connectivity index (χ0) is 14.8. The summed E-state index contributed by atoms with van der Waals surface area (Å²) in [7, 11) is 0. The van der Waals surface area contributed by atoms with Crippen molar-refractivity contribution in [3.8, 4) is 0 Å². The number of benzene rings is 2. The third kappa shape index (κ3) is 3.40. The maximum absolute atomic E-state index is 6.30. The Kier molecular flexibility index (Phi) is 4.80. The maximum atomic E-state index is 6.30. The van der Waals surface area contributed by atoms with Crippen LogP contribution in [0.15, 0.2) is 47.4 Å². The second-order valence-corrected chi connectivity index (χ2v) is 7.26. The Hall–Kier alpha value is -0.670. The van der Waals surface area contributed by atoms with E-state index in [-0.39, 0.29) is 6.04 Å². The lowest BCUT2D eigenvalue weighted by Crippen LogP contribution is -2.27. The van der Waals surface area contributed by atoms with E-state index in [1.54, 1.807) is 0 Å². The highest BCUT2D eigenvalue weighted by Crippen LogP contribution is 2.39. The average Bonchev–Trinajstić information content (AvgIpc) is 2.48. The van der Waals surface area contributed by atoms with Crippen molar-refractivity contribution in [3.05, 3.63) is 63.6 Å². The molecule has 0 saturated heterocycles. The van der Waals surface area contributed by atoms with Crippen LogP contribution in [0.2, 0.25) is 10.0 Å². The molecule has 0 saturated carbocycles. The monoisotopic (exact) mass is 337 g/mol. The Labute approximate surface area is 140 Å². The second-order valence-electron chi connectivity index (χ2n) is 5.28. The molecule has 1 heterocycles. The lowest BCUT2D eigenvalue weighted by Gasteiger charge is -2.29. The van der Waals surface area contributed by atoms with Gasteiger partial charge in [-0.25, -0.2) is 0 Å². The molecule has 0 fully saturated rings.